The summed E-state index contributed by atoms with van der Waals surface area (Å²) in [5, 5.41) is 8.78. The maximum absolute atomic E-state index is 10.7. The number of carbonyl (C=O) groups is 1. The van der Waals surface area contributed by atoms with E-state index in [2.05, 4.69) is 19.6 Å². The van der Waals surface area contributed by atoms with Gasteiger partial charge in [-0.3, -0.25) is 0 Å². The van der Waals surface area contributed by atoms with Gasteiger partial charge in [0.25, 0.3) is 0 Å². The highest BCUT2D eigenvalue weighted by Crippen LogP contribution is 2.17. The van der Waals surface area contributed by atoms with Crippen molar-refractivity contribution in [1.82, 2.24) is 0 Å². The Morgan fingerprint density at radius 3 is 2.89 bits per heavy atom. The van der Waals surface area contributed by atoms with Crippen LogP contribution in [0.2, 0.25) is 0 Å². The van der Waals surface area contributed by atoms with Crippen molar-refractivity contribution < 1.29 is 14.3 Å². The Kier molecular flexibility index (Phi) is 5.43. The molecule has 0 bridgehead atoms. The first kappa shape index (κ1) is 14.3. The first-order valence-electron chi connectivity index (χ1n) is 6.12. The smallest absolute Gasteiger partial charge is 0.338 e. The van der Waals surface area contributed by atoms with Crippen LogP contribution in [0.1, 0.15) is 42.8 Å². The Labute approximate surface area is 108 Å². The zero-order valence-corrected chi connectivity index (χ0v) is 11.0. The Hall–Kier alpha value is -1.77. The van der Waals surface area contributed by atoms with Crippen LogP contribution >= 0.6 is 0 Å². The predicted molar refractivity (Wildman–Crippen MR) is 71.7 cm³/mol. The highest BCUT2D eigenvalue weighted by Gasteiger charge is 2.10. The normalized spacial score (nSPS) is 13.3. The van der Waals surface area contributed by atoms with Crippen LogP contribution in [0.5, 0.6) is 0 Å². The van der Waals surface area contributed by atoms with Crippen LogP contribution in [0.15, 0.2) is 41.1 Å². The lowest BCUT2D eigenvalue weighted by molar-refractivity contribution is 0.0696. The van der Waals surface area contributed by atoms with Crippen molar-refractivity contribution in [2.45, 2.75) is 33.1 Å². The first-order valence-corrected chi connectivity index (χ1v) is 6.12. The van der Waals surface area contributed by atoms with Crippen LogP contribution in [0, 0.1) is 5.92 Å². The molecule has 0 radical (unpaired) electrons. The van der Waals surface area contributed by atoms with E-state index < -0.39 is 5.97 Å². The topological polar surface area (TPSA) is 50.4 Å². The molecule has 0 saturated carbocycles. The molecule has 3 heteroatoms. The molecular weight excluding hydrogens is 228 g/mol. The standard InChI is InChI=1S/C15H20O3/c1-4-11(2)6-5-7-12(3)8-14-9-13(10-18-14)15(16)17/h4,6,9-10,12H,1,5,7-8H2,2-3H3,(H,16,17)/b11-6-/t12-/m1/s1. The van der Waals surface area contributed by atoms with Crippen molar-refractivity contribution in [1.29, 1.82) is 0 Å². The molecule has 0 unspecified atom stereocenters. The lowest BCUT2D eigenvalue weighted by Gasteiger charge is -2.07. The number of allylic oxidation sites excluding steroid dienone is 3. The zero-order valence-electron chi connectivity index (χ0n) is 11.0. The highest BCUT2D eigenvalue weighted by atomic mass is 16.4. The van der Waals surface area contributed by atoms with Crippen molar-refractivity contribution in [3.63, 3.8) is 0 Å². The van der Waals surface area contributed by atoms with Crippen molar-refractivity contribution in [3.05, 3.63) is 48.0 Å². The second-order valence-electron chi connectivity index (χ2n) is 4.65. The summed E-state index contributed by atoms with van der Waals surface area (Å²) in [6.07, 6.45) is 8.13. The number of rotatable bonds is 7. The van der Waals surface area contributed by atoms with Gasteiger partial charge in [-0.1, -0.05) is 31.2 Å². The molecule has 1 N–H and O–H groups in total. The number of hydrogen-bond acceptors (Lipinski definition) is 2. The SMILES string of the molecule is C=C/C(C)=C\CC[C@@H](C)Cc1cc(C(=O)O)co1. The van der Waals surface area contributed by atoms with Gasteiger partial charge in [-0.15, -0.1) is 0 Å². The molecule has 1 aromatic heterocycles. The van der Waals surface area contributed by atoms with Crippen molar-refractivity contribution in [2.75, 3.05) is 0 Å². The third-order valence-corrected chi connectivity index (χ3v) is 2.90. The molecule has 0 aromatic carbocycles. The van der Waals surface area contributed by atoms with Crippen LogP contribution in [-0.2, 0) is 6.42 Å². The minimum Gasteiger partial charge on any atom is -0.478 e. The third kappa shape index (κ3) is 4.62. The van der Waals surface area contributed by atoms with Crippen LogP contribution in [0.3, 0.4) is 0 Å². The Balaban J connectivity index is 2.41. The van der Waals surface area contributed by atoms with E-state index in [1.54, 1.807) is 6.07 Å². The van der Waals surface area contributed by atoms with E-state index in [0.29, 0.717) is 5.92 Å². The third-order valence-electron chi connectivity index (χ3n) is 2.90. The van der Waals surface area contributed by atoms with E-state index in [9.17, 15) is 4.79 Å². The van der Waals surface area contributed by atoms with E-state index in [1.807, 2.05) is 13.0 Å². The fraction of sp³-hybridized carbons (Fsp3) is 0.400. The van der Waals surface area contributed by atoms with Crippen LogP contribution in [-0.4, -0.2) is 11.1 Å². The molecule has 0 aliphatic carbocycles. The molecule has 98 valence electrons. The average Bonchev–Trinajstić information content (AvgIpc) is 2.77. The van der Waals surface area contributed by atoms with Gasteiger partial charge in [0.15, 0.2) is 0 Å². The molecule has 1 rings (SSSR count). The largest absolute Gasteiger partial charge is 0.478 e. The summed E-state index contributed by atoms with van der Waals surface area (Å²) in [7, 11) is 0. The summed E-state index contributed by atoms with van der Waals surface area (Å²) in [5.74, 6) is 0.262. The summed E-state index contributed by atoms with van der Waals surface area (Å²) < 4.78 is 5.23. The molecule has 1 atom stereocenters. The maximum Gasteiger partial charge on any atom is 0.338 e. The number of hydrogen-bond donors (Lipinski definition) is 1. The molecule has 0 saturated heterocycles. The number of carboxylic acid groups (broad SMARTS) is 1. The van der Waals surface area contributed by atoms with Gasteiger partial charge in [0.2, 0.25) is 0 Å². The van der Waals surface area contributed by atoms with E-state index in [-0.39, 0.29) is 5.56 Å². The lowest BCUT2D eigenvalue weighted by atomic mass is 9.99. The minimum absolute atomic E-state index is 0.222. The second kappa shape index (κ2) is 6.84. The van der Waals surface area contributed by atoms with Crippen LogP contribution in [0.4, 0.5) is 0 Å². The Morgan fingerprint density at radius 2 is 2.33 bits per heavy atom. The van der Waals surface area contributed by atoms with E-state index in [1.165, 1.54) is 11.8 Å². The first-order chi connectivity index (χ1) is 8.52. The highest BCUT2D eigenvalue weighted by molar-refractivity contribution is 5.87. The van der Waals surface area contributed by atoms with Gasteiger partial charge in [-0.05, 0) is 31.7 Å². The second-order valence-corrected chi connectivity index (χ2v) is 4.65. The quantitative estimate of drug-likeness (QED) is 0.740. The molecule has 0 fully saturated rings. The van der Waals surface area contributed by atoms with Gasteiger partial charge >= 0.3 is 5.97 Å². The lowest BCUT2D eigenvalue weighted by Crippen LogP contribution is -1.98. The van der Waals surface area contributed by atoms with Gasteiger partial charge in [-0.2, -0.15) is 0 Å². The molecule has 1 heterocycles. The van der Waals surface area contributed by atoms with Crippen molar-refractivity contribution in [2.24, 2.45) is 5.92 Å². The van der Waals surface area contributed by atoms with Crippen molar-refractivity contribution >= 4 is 5.97 Å². The molecule has 0 spiro atoms. The molecule has 0 aliphatic heterocycles. The average molecular weight is 248 g/mol. The maximum atomic E-state index is 10.7. The molecule has 3 nitrogen and oxygen atoms in total. The number of aromatic carboxylic acids is 1. The summed E-state index contributed by atoms with van der Waals surface area (Å²) in [5.41, 5.74) is 1.41. The molecule has 0 aliphatic rings. The molecule has 0 amide bonds. The van der Waals surface area contributed by atoms with Gasteiger partial charge in [0.1, 0.15) is 12.0 Å². The molecule has 18 heavy (non-hydrogen) atoms. The van der Waals surface area contributed by atoms with Crippen LogP contribution < -0.4 is 0 Å². The van der Waals surface area contributed by atoms with Gasteiger partial charge < -0.3 is 9.52 Å². The van der Waals surface area contributed by atoms with Gasteiger partial charge in [-0.25, -0.2) is 4.79 Å². The number of carboxylic acids is 1. The van der Waals surface area contributed by atoms with Gasteiger partial charge in [0.05, 0.1) is 5.56 Å². The number of furan rings is 1. The summed E-state index contributed by atoms with van der Waals surface area (Å²) in [6, 6.07) is 1.60. The Morgan fingerprint density at radius 1 is 1.61 bits per heavy atom. The van der Waals surface area contributed by atoms with Crippen molar-refractivity contribution in [3.8, 4) is 0 Å². The molecule has 1 aromatic rings. The van der Waals surface area contributed by atoms with Gasteiger partial charge in [0, 0.05) is 6.42 Å². The predicted octanol–water partition coefficient (Wildman–Crippen LogP) is 4.07. The summed E-state index contributed by atoms with van der Waals surface area (Å²) >= 11 is 0. The van der Waals surface area contributed by atoms with Crippen LogP contribution in [0.25, 0.3) is 0 Å². The monoisotopic (exact) mass is 248 g/mol. The molecular formula is C15H20O3. The summed E-state index contributed by atoms with van der Waals surface area (Å²) in [4.78, 5) is 10.7. The summed E-state index contributed by atoms with van der Waals surface area (Å²) in [6.45, 7) is 7.88. The minimum atomic E-state index is -0.942. The fourth-order valence-electron chi connectivity index (χ4n) is 1.72. The van der Waals surface area contributed by atoms with E-state index >= 15 is 0 Å². The zero-order chi connectivity index (χ0) is 13.5. The fourth-order valence-corrected chi connectivity index (χ4v) is 1.72. The van der Waals surface area contributed by atoms with E-state index in [0.717, 1.165) is 25.0 Å². The Bertz CT molecular complexity index is 440. The van der Waals surface area contributed by atoms with E-state index in [4.69, 9.17) is 9.52 Å².